The number of anilines is 1. The molecular weight excluding hydrogens is 394 g/mol. The summed E-state index contributed by atoms with van der Waals surface area (Å²) in [6.45, 7) is 4.69. The van der Waals surface area contributed by atoms with E-state index in [2.05, 4.69) is 58.3 Å². The van der Waals surface area contributed by atoms with Gasteiger partial charge in [0, 0.05) is 30.0 Å². The molecule has 0 fully saturated rings. The number of hydrogen-bond donors (Lipinski definition) is 1. The van der Waals surface area contributed by atoms with Crippen molar-refractivity contribution in [2.75, 3.05) is 5.73 Å². The van der Waals surface area contributed by atoms with Gasteiger partial charge in [-0.05, 0) is 61.7 Å². The molecule has 150 valence electrons. The lowest BCUT2D eigenvalue weighted by Crippen LogP contribution is -2.33. The number of nitrogens with two attached hydrogens (primary N) is 1. The highest BCUT2D eigenvalue weighted by atomic mass is 35.5. The Labute approximate surface area is 181 Å². The van der Waals surface area contributed by atoms with Crippen molar-refractivity contribution in [3.8, 4) is 6.07 Å². The van der Waals surface area contributed by atoms with Gasteiger partial charge in [-0.3, -0.25) is 4.98 Å². The molecule has 0 spiro atoms. The molecule has 1 aliphatic heterocycles. The fourth-order valence-electron chi connectivity index (χ4n) is 3.76. The van der Waals surface area contributed by atoms with Crippen molar-refractivity contribution < 1.29 is 0 Å². The van der Waals surface area contributed by atoms with E-state index in [-0.39, 0.29) is 11.9 Å². The van der Waals surface area contributed by atoms with Crippen LogP contribution in [0.3, 0.4) is 0 Å². The van der Waals surface area contributed by atoms with Gasteiger partial charge < -0.3 is 10.6 Å². The number of aryl methyl sites for hydroxylation is 1. The molecule has 1 aromatic carbocycles. The number of allylic oxidation sites excluding steroid dienone is 2. The molecule has 0 saturated heterocycles. The summed E-state index contributed by atoms with van der Waals surface area (Å²) in [7, 11) is 0. The molecule has 30 heavy (non-hydrogen) atoms. The van der Waals surface area contributed by atoms with Gasteiger partial charge in [0.1, 0.15) is 11.9 Å². The van der Waals surface area contributed by atoms with Gasteiger partial charge in [-0.25, -0.2) is 4.98 Å². The van der Waals surface area contributed by atoms with Crippen LogP contribution in [0.5, 0.6) is 0 Å². The molecule has 0 saturated carbocycles. The van der Waals surface area contributed by atoms with Crippen LogP contribution in [-0.2, 0) is 13.0 Å². The highest BCUT2D eigenvalue weighted by molar-refractivity contribution is 6.31. The Bertz CT molecular complexity index is 1220. The first-order chi connectivity index (χ1) is 14.4. The van der Waals surface area contributed by atoms with Crippen LogP contribution in [0.4, 0.5) is 5.82 Å². The minimum absolute atomic E-state index is 0.182. The average molecular weight is 416 g/mol. The second-order valence-electron chi connectivity index (χ2n) is 7.63. The van der Waals surface area contributed by atoms with Crippen LogP contribution in [0, 0.1) is 18.3 Å². The Morgan fingerprint density at radius 1 is 1.23 bits per heavy atom. The molecule has 3 aromatic rings. The lowest BCUT2D eigenvalue weighted by molar-refractivity contribution is 0.303. The Morgan fingerprint density at radius 2 is 2.07 bits per heavy atom. The number of nitrogens with zero attached hydrogens (tertiary/aromatic N) is 4. The second kappa shape index (κ2) is 8.17. The van der Waals surface area contributed by atoms with Gasteiger partial charge in [0.2, 0.25) is 0 Å². The quantitative estimate of drug-likeness (QED) is 0.653. The van der Waals surface area contributed by atoms with Crippen molar-refractivity contribution in [1.82, 2.24) is 14.9 Å². The molecule has 3 heterocycles. The second-order valence-corrected chi connectivity index (χ2v) is 8.06. The molecule has 2 aromatic heterocycles. The van der Waals surface area contributed by atoms with Gasteiger partial charge in [0.05, 0.1) is 22.1 Å². The number of nitriles is 1. The van der Waals surface area contributed by atoms with Crippen molar-refractivity contribution in [3.05, 3.63) is 87.9 Å². The van der Waals surface area contributed by atoms with E-state index in [1.807, 2.05) is 25.1 Å². The fourth-order valence-corrected chi connectivity index (χ4v) is 3.93. The molecule has 1 atom stereocenters. The Hall–Kier alpha value is -3.36. The topological polar surface area (TPSA) is 78.8 Å². The molecule has 0 aliphatic carbocycles. The summed E-state index contributed by atoms with van der Waals surface area (Å²) in [6.07, 6.45) is 9.00. The minimum atomic E-state index is 0.182. The van der Waals surface area contributed by atoms with Crippen molar-refractivity contribution in [3.63, 3.8) is 0 Å². The summed E-state index contributed by atoms with van der Waals surface area (Å²) in [6, 6.07) is 12.4. The van der Waals surface area contributed by atoms with Crippen LogP contribution < -0.4 is 5.73 Å². The maximum atomic E-state index is 9.31. The van der Waals surface area contributed by atoms with Crippen molar-refractivity contribution >= 4 is 28.3 Å². The molecule has 0 bridgehead atoms. The smallest absolute Gasteiger partial charge is 0.141 e. The Kier molecular flexibility index (Phi) is 5.43. The number of nitrogen functional groups attached to an aromatic ring is 1. The normalized spacial score (nSPS) is 15.9. The van der Waals surface area contributed by atoms with Crippen LogP contribution in [0.25, 0.3) is 10.9 Å². The fraction of sp³-hybridized carbons (Fsp3) is 0.208. The van der Waals surface area contributed by atoms with Gasteiger partial charge >= 0.3 is 0 Å². The monoisotopic (exact) mass is 415 g/mol. The number of aromatic nitrogens is 2. The van der Waals surface area contributed by atoms with Gasteiger partial charge in [-0.1, -0.05) is 29.3 Å². The first-order valence-corrected chi connectivity index (χ1v) is 10.1. The number of benzene rings is 1. The lowest BCUT2D eigenvalue weighted by atomic mass is 9.98. The SMILES string of the molecule is CC1=CC(Cc2ccc3ncc(Cl)cc3c2)N(Cc2cc(C#N)c(N)nc2C)C=C1. The molecule has 1 unspecified atom stereocenters. The summed E-state index contributed by atoms with van der Waals surface area (Å²) in [5, 5.41) is 11.0. The van der Waals surface area contributed by atoms with Crippen LogP contribution in [-0.4, -0.2) is 20.9 Å². The molecule has 6 heteroatoms. The highest BCUT2D eigenvalue weighted by Gasteiger charge is 2.19. The first kappa shape index (κ1) is 19.9. The molecule has 4 rings (SSSR count). The zero-order chi connectivity index (χ0) is 21.3. The number of hydrogen-bond acceptors (Lipinski definition) is 5. The summed E-state index contributed by atoms with van der Waals surface area (Å²) < 4.78 is 0. The number of pyridine rings is 2. The zero-order valence-electron chi connectivity index (χ0n) is 16.9. The van der Waals surface area contributed by atoms with Crippen LogP contribution >= 0.6 is 11.6 Å². The van der Waals surface area contributed by atoms with Crippen LogP contribution in [0.2, 0.25) is 5.02 Å². The van der Waals surface area contributed by atoms with E-state index < -0.39 is 0 Å². The van der Waals surface area contributed by atoms with E-state index in [1.54, 1.807) is 6.20 Å². The van der Waals surface area contributed by atoms with E-state index in [1.165, 1.54) is 11.1 Å². The minimum Gasteiger partial charge on any atom is -0.383 e. The maximum Gasteiger partial charge on any atom is 0.141 e. The Balaban J connectivity index is 1.61. The van der Waals surface area contributed by atoms with Crippen LogP contribution in [0.15, 0.2) is 60.5 Å². The Morgan fingerprint density at radius 3 is 2.87 bits per heavy atom. The van der Waals surface area contributed by atoms with Crippen LogP contribution in [0.1, 0.15) is 29.3 Å². The number of fused-ring (bicyclic) bond motifs is 1. The van der Waals surface area contributed by atoms with E-state index in [0.717, 1.165) is 28.6 Å². The van der Waals surface area contributed by atoms with Gasteiger partial charge in [-0.15, -0.1) is 0 Å². The number of rotatable bonds is 4. The predicted molar refractivity (Wildman–Crippen MR) is 121 cm³/mol. The molecule has 2 N–H and O–H groups in total. The third kappa shape index (κ3) is 4.14. The van der Waals surface area contributed by atoms with Gasteiger partial charge in [-0.2, -0.15) is 5.26 Å². The first-order valence-electron chi connectivity index (χ1n) is 9.75. The summed E-state index contributed by atoms with van der Waals surface area (Å²) in [5.41, 5.74) is 11.5. The molecule has 1 aliphatic rings. The third-order valence-corrected chi connectivity index (χ3v) is 5.59. The molecule has 0 amide bonds. The zero-order valence-corrected chi connectivity index (χ0v) is 17.7. The van der Waals surface area contributed by atoms with E-state index >= 15 is 0 Å². The summed E-state index contributed by atoms with van der Waals surface area (Å²) in [5.74, 6) is 0.281. The highest BCUT2D eigenvalue weighted by Crippen LogP contribution is 2.25. The van der Waals surface area contributed by atoms with Gasteiger partial charge in [0.25, 0.3) is 0 Å². The van der Waals surface area contributed by atoms with E-state index in [0.29, 0.717) is 17.1 Å². The molecule has 5 nitrogen and oxygen atoms in total. The average Bonchev–Trinajstić information content (AvgIpc) is 2.71. The van der Waals surface area contributed by atoms with Crippen molar-refractivity contribution in [1.29, 1.82) is 5.26 Å². The van der Waals surface area contributed by atoms with Crippen molar-refractivity contribution in [2.45, 2.75) is 32.9 Å². The molecule has 0 radical (unpaired) electrons. The summed E-state index contributed by atoms with van der Waals surface area (Å²) in [4.78, 5) is 11.0. The van der Waals surface area contributed by atoms with E-state index in [9.17, 15) is 5.26 Å². The summed E-state index contributed by atoms with van der Waals surface area (Å²) >= 11 is 6.12. The van der Waals surface area contributed by atoms with Crippen molar-refractivity contribution in [2.24, 2.45) is 0 Å². The predicted octanol–water partition coefficient (Wildman–Crippen LogP) is 4.93. The largest absolute Gasteiger partial charge is 0.383 e. The molecular formula is C24H22ClN5. The third-order valence-electron chi connectivity index (χ3n) is 5.39. The number of halogens is 1. The maximum absolute atomic E-state index is 9.31. The van der Waals surface area contributed by atoms with E-state index in [4.69, 9.17) is 17.3 Å². The lowest BCUT2D eigenvalue weighted by Gasteiger charge is -2.32. The van der Waals surface area contributed by atoms with Gasteiger partial charge in [0.15, 0.2) is 0 Å². The standard InChI is InChI=1S/C24H22ClN5/c1-15-5-6-30(14-20-10-19(12-26)24(27)29-16(20)2)22(7-15)9-17-3-4-23-18(8-17)11-21(25)13-28-23/h3-8,10-11,13,22H,9,14H2,1-2H3,(H2,27,29).